The molecule has 3 heteroatoms. The van der Waals surface area contributed by atoms with E-state index >= 15 is 0 Å². The van der Waals surface area contributed by atoms with E-state index in [0.717, 1.165) is 40.9 Å². The molecule has 0 radical (unpaired) electrons. The Hall–Kier alpha value is -2.16. The Morgan fingerprint density at radius 1 is 0.800 bits per heavy atom. The lowest BCUT2D eigenvalue weighted by Crippen LogP contribution is -2.43. The van der Waals surface area contributed by atoms with Crippen molar-refractivity contribution < 1.29 is 9.59 Å². The quantitative estimate of drug-likeness (QED) is 0.594. The monoisotopic (exact) mass is 405 g/mol. The second kappa shape index (κ2) is 6.93. The number of hydrogen-bond donors (Lipinski definition) is 0. The molecule has 0 N–H and O–H groups in total. The molecular formula is C27H35NO2. The van der Waals surface area contributed by atoms with Crippen LogP contribution in [0.4, 0.5) is 0 Å². The molecule has 0 bridgehead atoms. The summed E-state index contributed by atoms with van der Waals surface area (Å²) in [6, 6.07) is 8.60. The van der Waals surface area contributed by atoms with Gasteiger partial charge in [0, 0.05) is 48.3 Å². The summed E-state index contributed by atoms with van der Waals surface area (Å²) in [6.45, 7) is 13.1. The average Bonchev–Trinajstić information content (AvgIpc) is 2.62. The molecule has 30 heavy (non-hydrogen) atoms. The van der Waals surface area contributed by atoms with Crippen LogP contribution in [-0.4, -0.2) is 23.5 Å². The summed E-state index contributed by atoms with van der Waals surface area (Å²) in [7, 11) is 2.06. The van der Waals surface area contributed by atoms with Crippen LogP contribution in [0.25, 0.3) is 0 Å². The van der Waals surface area contributed by atoms with E-state index in [1.165, 1.54) is 5.56 Å². The number of hydrogen-bond acceptors (Lipinski definition) is 3. The zero-order chi connectivity index (χ0) is 22.0. The lowest BCUT2D eigenvalue weighted by atomic mass is 9.63. The molecule has 0 unspecified atom stereocenters. The van der Waals surface area contributed by atoms with Crippen LogP contribution in [0.2, 0.25) is 0 Å². The van der Waals surface area contributed by atoms with Crippen molar-refractivity contribution in [2.45, 2.75) is 79.1 Å². The molecule has 160 valence electrons. The molecule has 0 spiro atoms. The minimum Gasteiger partial charge on any atom is -0.351 e. The molecule has 0 aromatic heterocycles. The maximum absolute atomic E-state index is 13.4. The van der Waals surface area contributed by atoms with E-state index in [0.29, 0.717) is 18.8 Å². The summed E-state index contributed by atoms with van der Waals surface area (Å²) in [6.07, 6.45) is 2.83. The van der Waals surface area contributed by atoms with Crippen molar-refractivity contribution in [3.05, 3.63) is 57.9 Å². The second-order valence-corrected chi connectivity index (χ2v) is 11.4. The highest BCUT2D eigenvalue weighted by Crippen LogP contribution is 2.53. The van der Waals surface area contributed by atoms with Gasteiger partial charge in [0.1, 0.15) is 0 Å². The van der Waals surface area contributed by atoms with Gasteiger partial charge in [-0.25, -0.2) is 0 Å². The highest BCUT2D eigenvalue weighted by atomic mass is 16.1. The lowest BCUT2D eigenvalue weighted by Gasteiger charge is -2.47. The zero-order valence-electron chi connectivity index (χ0n) is 19.6. The van der Waals surface area contributed by atoms with Gasteiger partial charge in [-0.05, 0) is 40.7 Å². The van der Waals surface area contributed by atoms with E-state index in [-0.39, 0.29) is 28.3 Å². The van der Waals surface area contributed by atoms with Gasteiger partial charge in [0.2, 0.25) is 0 Å². The predicted molar refractivity (Wildman–Crippen MR) is 121 cm³/mol. The minimum atomic E-state index is -0.223. The minimum absolute atomic E-state index is 0.0531. The van der Waals surface area contributed by atoms with Gasteiger partial charge in [-0.3, -0.25) is 9.59 Å². The molecule has 1 heterocycles. The van der Waals surface area contributed by atoms with E-state index in [1.54, 1.807) is 0 Å². The SMILES string of the molecule is CC(C)c1ccc(C2C3=C(CC(C)(C)CC3=O)N(C)C3=C2C(=O)CC(C)(C)C3)cc1. The van der Waals surface area contributed by atoms with Crippen molar-refractivity contribution in [1.29, 1.82) is 0 Å². The molecule has 0 fully saturated rings. The fourth-order valence-electron chi connectivity index (χ4n) is 5.57. The van der Waals surface area contributed by atoms with Crippen LogP contribution in [0.15, 0.2) is 46.8 Å². The number of ketones is 2. The standard InChI is InChI=1S/C27H35NO2/c1-16(2)17-8-10-18(11-9-17)23-24-19(12-26(3,4)14-21(24)29)28(7)20-13-27(5,6)15-22(30)25(20)23/h8-11,16,23H,12-15H2,1-7H3. The van der Waals surface area contributed by atoms with Crippen molar-refractivity contribution in [2.24, 2.45) is 10.8 Å². The number of benzene rings is 1. The lowest BCUT2D eigenvalue weighted by molar-refractivity contribution is -0.119. The molecule has 1 aromatic carbocycles. The number of nitrogens with zero attached hydrogens (tertiary/aromatic N) is 1. The second-order valence-electron chi connectivity index (χ2n) is 11.4. The van der Waals surface area contributed by atoms with Gasteiger partial charge in [0.05, 0.1) is 0 Å². The summed E-state index contributed by atoms with van der Waals surface area (Å²) >= 11 is 0. The van der Waals surface area contributed by atoms with Gasteiger partial charge in [-0.15, -0.1) is 0 Å². The van der Waals surface area contributed by atoms with Crippen LogP contribution in [-0.2, 0) is 9.59 Å². The van der Waals surface area contributed by atoms with Crippen molar-refractivity contribution in [2.75, 3.05) is 7.05 Å². The van der Waals surface area contributed by atoms with E-state index in [9.17, 15) is 9.59 Å². The highest BCUT2D eigenvalue weighted by Gasteiger charge is 2.48. The third-order valence-corrected chi connectivity index (χ3v) is 7.12. The molecule has 3 aliphatic rings. The molecule has 4 rings (SSSR count). The van der Waals surface area contributed by atoms with E-state index in [1.807, 2.05) is 0 Å². The number of carbonyl (C=O) groups excluding carboxylic acids is 2. The number of Topliss-reactive ketones (excluding diaryl/α,β-unsaturated/α-hetero) is 2. The molecule has 2 aliphatic carbocycles. The van der Waals surface area contributed by atoms with Crippen molar-refractivity contribution in [3.8, 4) is 0 Å². The summed E-state index contributed by atoms with van der Waals surface area (Å²) in [5.41, 5.74) is 6.22. The first-order valence-corrected chi connectivity index (χ1v) is 11.3. The van der Waals surface area contributed by atoms with E-state index in [2.05, 4.69) is 77.8 Å². The first-order chi connectivity index (χ1) is 13.9. The summed E-state index contributed by atoms with van der Waals surface area (Å²) in [5.74, 6) is 0.639. The van der Waals surface area contributed by atoms with Crippen LogP contribution < -0.4 is 0 Å². The Kier molecular flexibility index (Phi) is 4.87. The van der Waals surface area contributed by atoms with Gasteiger partial charge in [-0.1, -0.05) is 65.8 Å². The molecule has 0 amide bonds. The normalized spacial score (nSPS) is 23.8. The predicted octanol–water partition coefficient (Wildman–Crippen LogP) is 6.13. The Balaban J connectivity index is 1.92. The Labute approximate surface area is 181 Å². The van der Waals surface area contributed by atoms with E-state index < -0.39 is 0 Å². The van der Waals surface area contributed by atoms with Gasteiger partial charge in [0.25, 0.3) is 0 Å². The van der Waals surface area contributed by atoms with Gasteiger partial charge >= 0.3 is 0 Å². The third kappa shape index (κ3) is 3.46. The Morgan fingerprint density at radius 3 is 1.63 bits per heavy atom. The maximum atomic E-state index is 13.4. The Bertz CT molecular complexity index is 919. The Morgan fingerprint density at radius 2 is 1.23 bits per heavy atom. The van der Waals surface area contributed by atoms with Crippen LogP contribution in [0.3, 0.4) is 0 Å². The fourth-order valence-corrected chi connectivity index (χ4v) is 5.57. The van der Waals surface area contributed by atoms with Gasteiger partial charge in [-0.2, -0.15) is 0 Å². The first kappa shape index (κ1) is 21.1. The van der Waals surface area contributed by atoms with Gasteiger partial charge < -0.3 is 4.90 Å². The summed E-state index contributed by atoms with van der Waals surface area (Å²) < 4.78 is 0. The molecule has 0 atom stereocenters. The first-order valence-electron chi connectivity index (χ1n) is 11.3. The van der Waals surface area contributed by atoms with E-state index in [4.69, 9.17) is 0 Å². The van der Waals surface area contributed by atoms with Crippen molar-refractivity contribution in [3.63, 3.8) is 0 Å². The maximum Gasteiger partial charge on any atom is 0.162 e. The fraction of sp³-hybridized carbons (Fsp3) is 0.556. The number of rotatable bonds is 2. The smallest absolute Gasteiger partial charge is 0.162 e. The average molecular weight is 406 g/mol. The number of carbonyl (C=O) groups is 2. The van der Waals surface area contributed by atoms with Crippen LogP contribution >= 0.6 is 0 Å². The molecular weight excluding hydrogens is 370 g/mol. The molecule has 3 nitrogen and oxygen atoms in total. The van der Waals surface area contributed by atoms with Crippen molar-refractivity contribution in [1.82, 2.24) is 4.90 Å². The van der Waals surface area contributed by atoms with Crippen molar-refractivity contribution >= 4 is 11.6 Å². The largest absolute Gasteiger partial charge is 0.351 e. The topological polar surface area (TPSA) is 37.4 Å². The molecule has 0 saturated heterocycles. The summed E-state index contributed by atoms with van der Waals surface area (Å²) in [4.78, 5) is 29.1. The molecule has 1 aliphatic heterocycles. The van der Waals surface area contributed by atoms with Crippen LogP contribution in [0.5, 0.6) is 0 Å². The van der Waals surface area contributed by atoms with Crippen LogP contribution in [0.1, 0.15) is 90.2 Å². The van der Waals surface area contributed by atoms with Gasteiger partial charge in [0.15, 0.2) is 11.6 Å². The third-order valence-electron chi connectivity index (χ3n) is 7.12. The molecule has 0 saturated carbocycles. The zero-order valence-corrected chi connectivity index (χ0v) is 19.6. The highest BCUT2D eigenvalue weighted by molar-refractivity contribution is 6.06. The number of allylic oxidation sites excluding steroid dienone is 4. The summed E-state index contributed by atoms with van der Waals surface area (Å²) in [5, 5.41) is 0. The van der Waals surface area contributed by atoms with Crippen LogP contribution in [0, 0.1) is 10.8 Å². The molecule has 1 aromatic rings.